The van der Waals surface area contributed by atoms with Crippen molar-refractivity contribution in [1.29, 1.82) is 0 Å². The number of aromatic nitrogens is 1. The monoisotopic (exact) mass is 214 g/mol. The van der Waals surface area contributed by atoms with E-state index in [1.807, 2.05) is 0 Å². The van der Waals surface area contributed by atoms with Crippen LogP contribution in [-0.4, -0.2) is 24.4 Å². The molecule has 0 aromatic carbocycles. The molecule has 0 saturated heterocycles. The summed E-state index contributed by atoms with van der Waals surface area (Å²) in [7, 11) is 1.49. The Labute approximate surface area is 85.9 Å². The summed E-state index contributed by atoms with van der Waals surface area (Å²) in [6.45, 7) is 0. The Morgan fingerprint density at radius 3 is 2.86 bits per heavy atom. The Bertz CT molecular complexity index is 319. The minimum atomic E-state index is -0.557. The third-order valence-electron chi connectivity index (χ3n) is 1.29. The number of amides is 1. The Morgan fingerprint density at radius 2 is 2.21 bits per heavy atom. The van der Waals surface area contributed by atoms with Gasteiger partial charge in [0.15, 0.2) is 0 Å². The Balaban J connectivity index is 2.62. The summed E-state index contributed by atoms with van der Waals surface area (Å²) >= 11 is 1.16. The molecular weight excluding hydrogens is 204 g/mol. The molecule has 0 atom stereocenters. The number of carbonyl (C=O) groups is 1. The third kappa shape index (κ3) is 3.14. The highest BCUT2D eigenvalue weighted by Gasteiger charge is 2.04. The van der Waals surface area contributed by atoms with E-state index in [9.17, 15) is 4.79 Å². The molecule has 1 rings (SSSR count). The normalized spacial score (nSPS) is 9.29. The first-order valence-electron chi connectivity index (χ1n) is 3.78. The quantitative estimate of drug-likeness (QED) is 0.772. The molecule has 0 unspecified atom stereocenters. The predicted molar refractivity (Wildman–Crippen MR) is 53.5 cm³/mol. The fourth-order valence-corrected chi connectivity index (χ4v) is 0.974. The number of pyridine rings is 1. The van der Waals surface area contributed by atoms with Gasteiger partial charge in [0.05, 0.1) is 7.11 Å². The van der Waals surface area contributed by atoms with Crippen molar-refractivity contribution in [2.45, 2.75) is 0 Å². The van der Waals surface area contributed by atoms with Gasteiger partial charge in [0.25, 0.3) is 0 Å². The topological polar surface area (TPSA) is 60.5 Å². The first kappa shape index (κ1) is 10.6. The van der Waals surface area contributed by atoms with Crippen LogP contribution in [0.4, 0.5) is 4.79 Å². The number of methoxy groups -OCH3 is 1. The first-order chi connectivity index (χ1) is 6.76. The van der Waals surface area contributed by atoms with Gasteiger partial charge >= 0.3 is 6.09 Å². The van der Waals surface area contributed by atoms with Gasteiger partial charge < -0.3 is 9.47 Å². The van der Waals surface area contributed by atoms with E-state index < -0.39 is 6.09 Å². The number of nitrogens with one attached hydrogen (secondary N) is 1. The van der Waals surface area contributed by atoms with Crippen LogP contribution in [-0.2, 0) is 0 Å². The van der Waals surface area contributed by atoms with Gasteiger partial charge in [-0.1, -0.05) is 18.0 Å². The van der Waals surface area contributed by atoms with Crippen LogP contribution in [0.1, 0.15) is 0 Å². The van der Waals surface area contributed by atoms with Crippen LogP contribution >= 0.6 is 11.9 Å². The molecule has 0 spiro atoms. The minimum absolute atomic E-state index is 0.205. The highest BCUT2D eigenvalue weighted by molar-refractivity contribution is 7.97. The number of ether oxygens (including phenoxy) is 2. The number of hydrogen-bond acceptors (Lipinski definition) is 5. The van der Waals surface area contributed by atoms with Crippen molar-refractivity contribution in [2.75, 3.05) is 13.4 Å². The second kappa shape index (κ2) is 5.33. The van der Waals surface area contributed by atoms with Crippen molar-refractivity contribution in [3.8, 4) is 11.8 Å². The molecular formula is C8H10N2O3S. The Hall–Kier alpha value is -1.43. The second-order valence-corrected chi connectivity index (χ2v) is 2.83. The lowest BCUT2D eigenvalue weighted by Crippen LogP contribution is -2.20. The van der Waals surface area contributed by atoms with Crippen LogP contribution < -0.4 is 14.2 Å². The van der Waals surface area contributed by atoms with Crippen LogP contribution in [0.15, 0.2) is 18.2 Å². The molecule has 0 saturated carbocycles. The Morgan fingerprint density at radius 1 is 1.50 bits per heavy atom. The summed E-state index contributed by atoms with van der Waals surface area (Å²) in [6, 6.07) is 4.93. The van der Waals surface area contributed by atoms with Crippen molar-refractivity contribution >= 4 is 18.0 Å². The number of carbonyl (C=O) groups excluding carboxylic acids is 1. The average Bonchev–Trinajstić information content (AvgIpc) is 2.18. The maximum Gasteiger partial charge on any atom is 0.424 e. The molecule has 0 aliphatic carbocycles. The molecule has 1 N–H and O–H groups in total. The molecule has 0 radical (unpaired) electrons. The lowest BCUT2D eigenvalue weighted by atomic mass is 10.5. The van der Waals surface area contributed by atoms with Gasteiger partial charge in [0.1, 0.15) is 0 Å². The van der Waals surface area contributed by atoms with Crippen molar-refractivity contribution in [3.63, 3.8) is 0 Å². The first-order valence-corrected chi connectivity index (χ1v) is 5.00. The van der Waals surface area contributed by atoms with E-state index in [4.69, 9.17) is 9.47 Å². The van der Waals surface area contributed by atoms with Gasteiger partial charge in [-0.2, -0.15) is 4.98 Å². The van der Waals surface area contributed by atoms with E-state index in [0.717, 1.165) is 11.9 Å². The Kier molecular flexibility index (Phi) is 4.06. The molecule has 5 nitrogen and oxygen atoms in total. The maximum absolute atomic E-state index is 11.0. The molecule has 1 amide bonds. The standard InChI is InChI=1S/C8H10N2O3S/c1-12-6-4-3-5-7(9-6)13-8(11)10-14-2/h3-5H,1-2H3,(H,10,11). The van der Waals surface area contributed by atoms with Gasteiger partial charge in [0.2, 0.25) is 11.8 Å². The molecule has 0 bridgehead atoms. The molecule has 14 heavy (non-hydrogen) atoms. The molecule has 1 aromatic rings. The SMILES string of the molecule is COc1cccc(OC(=O)NSC)n1. The van der Waals surface area contributed by atoms with Crippen molar-refractivity contribution in [3.05, 3.63) is 18.2 Å². The maximum atomic E-state index is 11.0. The van der Waals surface area contributed by atoms with Crippen molar-refractivity contribution in [2.24, 2.45) is 0 Å². The van der Waals surface area contributed by atoms with Gasteiger partial charge in [-0.3, -0.25) is 4.72 Å². The summed E-state index contributed by atoms with van der Waals surface area (Å²) in [5.74, 6) is 0.607. The molecule has 76 valence electrons. The average molecular weight is 214 g/mol. The lowest BCUT2D eigenvalue weighted by Gasteiger charge is -2.04. The van der Waals surface area contributed by atoms with Crippen molar-refractivity contribution in [1.82, 2.24) is 9.71 Å². The zero-order valence-electron chi connectivity index (χ0n) is 7.81. The van der Waals surface area contributed by atoms with Crippen LogP contribution in [0, 0.1) is 0 Å². The molecule has 0 fully saturated rings. The summed E-state index contributed by atoms with van der Waals surface area (Å²) < 4.78 is 12.1. The van der Waals surface area contributed by atoms with E-state index in [0.29, 0.717) is 5.88 Å². The summed E-state index contributed by atoms with van der Waals surface area (Å²) in [5.41, 5.74) is 0. The van der Waals surface area contributed by atoms with E-state index in [1.165, 1.54) is 7.11 Å². The van der Waals surface area contributed by atoms with Crippen LogP contribution in [0.5, 0.6) is 11.8 Å². The van der Waals surface area contributed by atoms with E-state index >= 15 is 0 Å². The second-order valence-electron chi connectivity index (χ2n) is 2.21. The summed E-state index contributed by atoms with van der Waals surface area (Å²) in [5, 5.41) is 0. The smallest absolute Gasteiger partial charge is 0.424 e. The van der Waals surface area contributed by atoms with Gasteiger partial charge in [-0.15, -0.1) is 0 Å². The van der Waals surface area contributed by atoms with E-state index in [2.05, 4.69) is 9.71 Å². The number of hydrogen-bond donors (Lipinski definition) is 1. The largest absolute Gasteiger partial charge is 0.481 e. The number of nitrogens with zero attached hydrogens (tertiary/aromatic N) is 1. The van der Waals surface area contributed by atoms with Crippen LogP contribution in [0.25, 0.3) is 0 Å². The van der Waals surface area contributed by atoms with Gasteiger partial charge in [-0.05, 0) is 0 Å². The molecule has 1 aromatic heterocycles. The van der Waals surface area contributed by atoms with Crippen LogP contribution in [0.3, 0.4) is 0 Å². The highest BCUT2D eigenvalue weighted by atomic mass is 32.2. The molecule has 6 heteroatoms. The fraction of sp³-hybridized carbons (Fsp3) is 0.250. The van der Waals surface area contributed by atoms with Gasteiger partial charge in [-0.25, -0.2) is 4.79 Å². The summed E-state index contributed by atoms with van der Waals surface area (Å²) in [4.78, 5) is 14.9. The third-order valence-corrected chi connectivity index (χ3v) is 1.66. The zero-order valence-corrected chi connectivity index (χ0v) is 8.63. The summed E-state index contributed by atoms with van der Waals surface area (Å²) in [6.07, 6.45) is 1.17. The highest BCUT2D eigenvalue weighted by Crippen LogP contribution is 2.12. The minimum Gasteiger partial charge on any atom is -0.481 e. The number of rotatable bonds is 3. The van der Waals surface area contributed by atoms with Gasteiger partial charge in [0, 0.05) is 18.4 Å². The van der Waals surface area contributed by atoms with E-state index in [-0.39, 0.29) is 5.88 Å². The molecule has 1 heterocycles. The fourth-order valence-electron chi connectivity index (χ4n) is 0.766. The molecule has 0 aliphatic heterocycles. The molecule has 0 aliphatic rings. The van der Waals surface area contributed by atoms with Crippen LogP contribution in [0.2, 0.25) is 0 Å². The zero-order chi connectivity index (χ0) is 10.4. The van der Waals surface area contributed by atoms with Crippen molar-refractivity contribution < 1.29 is 14.3 Å². The van der Waals surface area contributed by atoms with E-state index in [1.54, 1.807) is 24.5 Å². The predicted octanol–water partition coefficient (Wildman–Crippen LogP) is 1.46. The lowest BCUT2D eigenvalue weighted by molar-refractivity contribution is 0.205.